The van der Waals surface area contributed by atoms with Gasteiger partial charge in [-0.15, -0.1) is 0 Å². The largest absolute Gasteiger partial charge is 0.380 e. The molecule has 2 aromatic rings. The van der Waals surface area contributed by atoms with Gasteiger partial charge >= 0.3 is 0 Å². The molecule has 34 heavy (non-hydrogen) atoms. The highest BCUT2D eigenvalue weighted by Gasteiger charge is 2.50. The zero-order chi connectivity index (χ0) is 24.1. The van der Waals surface area contributed by atoms with Crippen molar-refractivity contribution in [2.45, 2.75) is 42.3 Å². The number of sulfone groups is 1. The maximum atomic E-state index is 13.1. The Balaban J connectivity index is 1.26. The van der Waals surface area contributed by atoms with Crippen LogP contribution < -0.4 is 0 Å². The number of benzene rings is 2. The van der Waals surface area contributed by atoms with Gasteiger partial charge < -0.3 is 14.9 Å². The summed E-state index contributed by atoms with van der Waals surface area (Å²) in [7, 11) is -3.11. The number of nitrogens with zero attached hydrogens (tertiary/aromatic N) is 2. The molecule has 9 heteroatoms. The predicted molar refractivity (Wildman–Crippen MR) is 129 cm³/mol. The second kappa shape index (κ2) is 8.66. The zero-order valence-corrected chi connectivity index (χ0v) is 20.3. The van der Waals surface area contributed by atoms with Crippen LogP contribution in [0.15, 0.2) is 42.5 Å². The van der Waals surface area contributed by atoms with Gasteiger partial charge in [0.05, 0.1) is 21.6 Å². The van der Waals surface area contributed by atoms with Crippen LogP contribution >= 0.6 is 11.6 Å². The van der Waals surface area contributed by atoms with Gasteiger partial charge in [0.25, 0.3) is 11.8 Å². The molecule has 0 radical (unpaired) electrons. The normalized spacial score (nSPS) is 19.7. The quantitative estimate of drug-likeness (QED) is 0.655. The van der Waals surface area contributed by atoms with Crippen LogP contribution in [0.2, 0.25) is 5.02 Å². The molecule has 0 aromatic heterocycles. The number of carbonyl (C=O) groups excluding carboxylic acids is 2. The van der Waals surface area contributed by atoms with E-state index in [4.69, 9.17) is 11.6 Å². The second-order valence-corrected chi connectivity index (χ2v) is 12.2. The van der Waals surface area contributed by atoms with Crippen LogP contribution in [0, 0.1) is 0 Å². The van der Waals surface area contributed by atoms with Crippen molar-refractivity contribution in [2.24, 2.45) is 0 Å². The molecule has 7 nitrogen and oxygen atoms in total. The van der Waals surface area contributed by atoms with Crippen molar-refractivity contribution < 1.29 is 23.1 Å². The van der Waals surface area contributed by atoms with Crippen molar-refractivity contribution >= 4 is 33.3 Å². The summed E-state index contributed by atoms with van der Waals surface area (Å²) in [6.07, 6.45) is 2.51. The third kappa shape index (κ3) is 4.72. The fraction of sp³-hybridized carbons (Fsp3) is 0.440. The molecule has 3 fully saturated rings. The summed E-state index contributed by atoms with van der Waals surface area (Å²) in [6, 6.07) is 12.6. The fourth-order valence-electron chi connectivity index (χ4n) is 4.40. The van der Waals surface area contributed by atoms with Crippen LogP contribution in [-0.4, -0.2) is 72.2 Å². The van der Waals surface area contributed by atoms with Gasteiger partial charge in [0.15, 0.2) is 9.84 Å². The van der Waals surface area contributed by atoms with E-state index in [1.807, 2.05) is 30.3 Å². The number of carbonyl (C=O) groups is 2. The molecule has 1 heterocycles. The third-order valence-electron chi connectivity index (χ3n) is 6.84. The van der Waals surface area contributed by atoms with Gasteiger partial charge in [-0.05, 0) is 54.5 Å². The maximum Gasteiger partial charge on any atom is 0.255 e. The van der Waals surface area contributed by atoms with Crippen LogP contribution in [0.4, 0.5) is 0 Å². The molecule has 0 atom stereocenters. The number of amides is 2. The molecule has 0 unspecified atom stereocenters. The van der Waals surface area contributed by atoms with Crippen LogP contribution in [0.3, 0.4) is 0 Å². The minimum absolute atomic E-state index is 0.0295. The molecular weight excluding hydrogens is 476 g/mol. The van der Waals surface area contributed by atoms with Gasteiger partial charge in [-0.1, -0.05) is 41.9 Å². The van der Waals surface area contributed by atoms with E-state index in [1.54, 1.807) is 21.9 Å². The second-order valence-electron chi connectivity index (χ2n) is 9.52. The van der Waals surface area contributed by atoms with E-state index in [2.05, 4.69) is 0 Å². The average Bonchev–Trinajstić information content (AvgIpc) is 3.74. The molecular formula is C25H27ClN2O5S. The summed E-state index contributed by atoms with van der Waals surface area (Å²) in [6.45, 7) is 1.55. The number of piperazine rings is 1. The van der Waals surface area contributed by atoms with Crippen LogP contribution in [0.5, 0.6) is 0 Å². The highest BCUT2D eigenvalue weighted by Crippen LogP contribution is 2.37. The number of rotatable bonds is 6. The topological polar surface area (TPSA) is 95.0 Å². The molecule has 0 spiro atoms. The van der Waals surface area contributed by atoms with Crippen molar-refractivity contribution in [2.75, 3.05) is 26.2 Å². The van der Waals surface area contributed by atoms with Gasteiger partial charge in [0, 0.05) is 26.2 Å². The van der Waals surface area contributed by atoms with Gasteiger partial charge in [0.1, 0.15) is 5.60 Å². The first kappa shape index (κ1) is 23.3. The Morgan fingerprint density at radius 2 is 1.62 bits per heavy atom. The first-order valence-electron chi connectivity index (χ1n) is 11.6. The van der Waals surface area contributed by atoms with Crippen LogP contribution in [0.1, 0.15) is 41.6 Å². The van der Waals surface area contributed by atoms with E-state index in [0.29, 0.717) is 49.6 Å². The lowest BCUT2D eigenvalue weighted by Gasteiger charge is -2.36. The summed E-state index contributed by atoms with van der Waals surface area (Å²) >= 11 is 6.50. The van der Waals surface area contributed by atoms with Gasteiger partial charge in [-0.25, -0.2) is 8.42 Å². The average molecular weight is 503 g/mol. The zero-order valence-electron chi connectivity index (χ0n) is 18.7. The highest BCUT2D eigenvalue weighted by atomic mass is 35.5. The van der Waals surface area contributed by atoms with E-state index in [1.165, 1.54) is 0 Å². The minimum atomic E-state index is -3.11. The smallest absolute Gasteiger partial charge is 0.255 e. The molecule has 2 aliphatic carbocycles. The van der Waals surface area contributed by atoms with E-state index in [9.17, 15) is 23.1 Å². The summed E-state index contributed by atoms with van der Waals surface area (Å²) in [5, 5.41) is 10.2. The molecule has 1 saturated heterocycles. The van der Waals surface area contributed by atoms with Crippen molar-refractivity contribution in [1.29, 1.82) is 0 Å². The van der Waals surface area contributed by atoms with Crippen molar-refractivity contribution in [3.63, 3.8) is 0 Å². The van der Waals surface area contributed by atoms with E-state index >= 15 is 0 Å². The number of hydrogen-bond donors (Lipinski definition) is 1. The summed E-state index contributed by atoms with van der Waals surface area (Å²) < 4.78 is 24.7. The van der Waals surface area contributed by atoms with Crippen molar-refractivity contribution in [3.05, 3.63) is 58.6 Å². The Labute approximate surface area is 204 Å². The molecule has 5 rings (SSSR count). The van der Waals surface area contributed by atoms with Gasteiger partial charge in [-0.2, -0.15) is 0 Å². The monoisotopic (exact) mass is 502 g/mol. The molecule has 1 N–H and O–H groups in total. The van der Waals surface area contributed by atoms with Crippen LogP contribution in [0.25, 0.3) is 11.1 Å². The lowest BCUT2D eigenvalue weighted by Crippen LogP contribution is -2.53. The first-order chi connectivity index (χ1) is 16.2. The standard InChI is InChI=1S/C25H27ClN2O5S/c26-22-15-19(18-3-1-2-17(14-18)16-34(32,33)20-5-6-20)4-7-21(22)23(29)27-10-12-28(13-11-27)24(30)25(31)8-9-25/h1-4,7,14-15,20,31H,5-6,8-13,16H2. The van der Waals surface area contributed by atoms with E-state index in [-0.39, 0.29) is 22.8 Å². The SMILES string of the molecule is O=C(c1ccc(-c2cccc(CS(=O)(=O)C3CC3)c2)cc1Cl)N1CCN(C(=O)C2(O)CC2)CC1. The molecule has 2 saturated carbocycles. The Morgan fingerprint density at radius 1 is 0.971 bits per heavy atom. The Hall–Kier alpha value is -2.42. The minimum Gasteiger partial charge on any atom is -0.380 e. The number of halogens is 1. The molecule has 1 aliphatic heterocycles. The molecule has 0 bridgehead atoms. The predicted octanol–water partition coefficient (Wildman–Crippen LogP) is 2.89. The summed E-state index contributed by atoms with van der Waals surface area (Å²) in [5.41, 5.74) is 1.59. The van der Waals surface area contributed by atoms with Crippen molar-refractivity contribution in [1.82, 2.24) is 9.80 Å². The third-order valence-corrected chi connectivity index (χ3v) is 9.37. The lowest BCUT2D eigenvalue weighted by atomic mass is 10.0. The Morgan fingerprint density at radius 3 is 2.24 bits per heavy atom. The first-order valence-corrected chi connectivity index (χ1v) is 13.7. The Kier molecular flexibility index (Phi) is 5.94. The van der Waals surface area contributed by atoms with E-state index < -0.39 is 15.4 Å². The Bertz CT molecular complexity index is 1250. The van der Waals surface area contributed by atoms with Gasteiger partial charge in [-0.3, -0.25) is 9.59 Å². The highest BCUT2D eigenvalue weighted by molar-refractivity contribution is 7.91. The summed E-state index contributed by atoms with van der Waals surface area (Å²) in [4.78, 5) is 28.7. The summed E-state index contributed by atoms with van der Waals surface area (Å²) in [5.74, 6) is -0.408. The van der Waals surface area contributed by atoms with Crippen molar-refractivity contribution in [3.8, 4) is 11.1 Å². The number of hydrogen-bond acceptors (Lipinski definition) is 5. The number of aliphatic hydroxyl groups is 1. The van der Waals surface area contributed by atoms with Gasteiger partial charge in [0.2, 0.25) is 0 Å². The molecule has 180 valence electrons. The van der Waals surface area contributed by atoms with Crippen LogP contribution in [-0.2, 0) is 20.4 Å². The lowest BCUT2D eigenvalue weighted by molar-refractivity contribution is -0.143. The molecule has 2 amide bonds. The molecule has 3 aliphatic rings. The fourth-order valence-corrected chi connectivity index (χ4v) is 6.39. The molecule has 2 aromatic carbocycles. The maximum absolute atomic E-state index is 13.1. The van der Waals surface area contributed by atoms with E-state index in [0.717, 1.165) is 29.5 Å².